The Labute approximate surface area is 150 Å². The lowest BCUT2D eigenvalue weighted by Gasteiger charge is -2.09. The van der Waals surface area contributed by atoms with Gasteiger partial charge in [-0.1, -0.05) is 50.5 Å². The van der Waals surface area contributed by atoms with E-state index in [9.17, 15) is 17.6 Å². The summed E-state index contributed by atoms with van der Waals surface area (Å²) >= 11 is 0. The summed E-state index contributed by atoms with van der Waals surface area (Å²) in [5, 5.41) is -0.528. The number of halogens is 4. The number of rotatable bonds is 6. The number of fused-ring (bicyclic) bond motifs is 1. The van der Waals surface area contributed by atoms with Crippen LogP contribution in [0.3, 0.4) is 0 Å². The van der Waals surface area contributed by atoms with Gasteiger partial charge in [0.15, 0.2) is 17.5 Å². The fraction of sp³-hybridized carbons (Fsp3) is 0.273. The van der Waals surface area contributed by atoms with Gasteiger partial charge in [-0.15, -0.1) is 0 Å². The molecular formula is C22H20F4. The standard InChI is InChI=1S/C22H20F4/c1-2-3-4-5-6-14-7-9-15(10-8-14)16-11-17-13-19(24)21(25)22(26)20(17)18(23)12-16/h7-13H,2-6H2,1H3. The molecule has 26 heavy (non-hydrogen) atoms. The first-order valence-electron chi connectivity index (χ1n) is 8.87. The fourth-order valence-electron chi connectivity index (χ4n) is 3.17. The number of benzene rings is 3. The lowest BCUT2D eigenvalue weighted by molar-refractivity contribution is 0.451. The third-order valence-corrected chi connectivity index (χ3v) is 4.63. The predicted molar refractivity (Wildman–Crippen MR) is 97.1 cm³/mol. The Hall–Kier alpha value is -2.36. The molecular weight excluding hydrogens is 340 g/mol. The van der Waals surface area contributed by atoms with Crippen LogP contribution in [0.15, 0.2) is 42.5 Å². The van der Waals surface area contributed by atoms with E-state index in [1.54, 1.807) is 0 Å². The van der Waals surface area contributed by atoms with Crippen LogP contribution in [-0.4, -0.2) is 0 Å². The van der Waals surface area contributed by atoms with Crippen LogP contribution in [0.4, 0.5) is 17.6 Å². The van der Waals surface area contributed by atoms with Crippen LogP contribution in [0, 0.1) is 23.3 Å². The van der Waals surface area contributed by atoms with Crippen molar-refractivity contribution in [3.63, 3.8) is 0 Å². The van der Waals surface area contributed by atoms with Gasteiger partial charge in [-0.05, 0) is 53.1 Å². The molecule has 0 fully saturated rings. The van der Waals surface area contributed by atoms with Crippen molar-refractivity contribution >= 4 is 10.8 Å². The second kappa shape index (κ2) is 7.90. The summed E-state index contributed by atoms with van der Waals surface area (Å²) in [6.45, 7) is 2.17. The Kier molecular flexibility index (Phi) is 5.60. The van der Waals surface area contributed by atoms with Crippen molar-refractivity contribution in [3.8, 4) is 11.1 Å². The first-order valence-corrected chi connectivity index (χ1v) is 8.87. The summed E-state index contributed by atoms with van der Waals surface area (Å²) < 4.78 is 54.9. The third-order valence-electron chi connectivity index (χ3n) is 4.63. The van der Waals surface area contributed by atoms with Crippen molar-refractivity contribution in [2.24, 2.45) is 0 Å². The molecule has 0 nitrogen and oxygen atoms in total. The van der Waals surface area contributed by atoms with Gasteiger partial charge in [0.1, 0.15) is 5.82 Å². The molecule has 0 amide bonds. The summed E-state index contributed by atoms with van der Waals surface area (Å²) in [5.41, 5.74) is 2.44. The van der Waals surface area contributed by atoms with Gasteiger partial charge in [-0.25, -0.2) is 17.6 Å². The van der Waals surface area contributed by atoms with Crippen LogP contribution in [0.2, 0.25) is 0 Å². The second-order valence-corrected chi connectivity index (χ2v) is 6.55. The van der Waals surface area contributed by atoms with Gasteiger partial charge in [0.25, 0.3) is 0 Å². The molecule has 3 rings (SSSR count). The first-order chi connectivity index (χ1) is 12.5. The molecule has 0 bridgehead atoms. The van der Waals surface area contributed by atoms with E-state index in [0.717, 1.165) is 30.5 Å². The van der Waals surface area contributed by atoms with Gasteiger partial charge in [0.05, 0.1) is 5.39 Å². The quantitative estimate of drug-likeness (QED) is 0.248. The molecule has 0 unspecified atom stereocenters. The maximum atomic E-state index is 14.3. The van der Waals surface area contributed by atoms with Crippen LogP contribution in [0.5, 0.6) is 0 Å². The largest absolute Gasteiger partial charge is 0.206 e. The summed E-state index contributed by atoms with van der Waals surface area (Å²) in [4.78, 5) is 0. The minimum atomic E-state index is -1.66. The molecule has 0 saturated heterocycles. The molecule has 0 N–H and O–H groups in total. The van der Waals surface area contributed by atoms with E-state index in [1.807, 2.05) is 24.3 Å². The number of hydrogen-bond acceptors (Lipinski definition) is 0. The molecule has 0 saturated carbocycles. The Morgan fingerprint density at radius 2 is 1.42 bits per heavy atom. The summed E-state index contributed by atoms with van der Waals surface area (Å²) in [5.74, 6) is -5.38. The molecule has 0 aliphatic carbocycles. The minimum absolute atomic E-state index is 0.0000390. The summed E-state index contributed by atoms with van der Waals surface area (Å²) in [6.07, 6.45) is 5.73. The molecule has 0 radical (unpaired) electrons. The third kappa shape index (κ3) is 3.74. The summed E-state index contributed by atoms with van der Waals surface area (Å²) in [6, 6.07) is 11.1. The highest BCUT2D eigenvalue weighted by molar-refractivity contribution is 5.88. The minimum Gasteiger partial charge on any atom is -0.206 e. The van der Waals surface area contributed by atoms with Crippen molar-refractivity contribution < 1.29 is 17.6 Å². The van der Waals surface area contributed by atoms with Crippen LogP contribution >= 0.6 is 0 Å². The lowest BCUT2D eigenvalue weighted by atomic mass is 9.98. The molecule has 0 aromatic heterocycles. The lowest BCUT2D eigenvalue weighted by Crippen LogP contribution is -1.95. The Bertz CT molecular complexity index is 914. The molecule has 0 aliphatic rings. The van der Waals surface area contributed by atoms with Gasteiger partial charge < -0.3 is 0 Å². The molecule has 0 spiro atoms. The van der Waals surface area contributed by atoms with Gasteiger partial charge in [-0.3, -0.25) is 0 Å². The maximum Gasteiger partial charge on any atom is 0.195 e. The van der Waals surface area contributed by atoms with Crippen molar-refractivity contribution in [1.29, 1.82) is 0 Å². The molecule has 136 valence electrons. The summed E-state index contributed by atoms with van der Waals surface area (Å²) in [7, 11) is 0. The highest BCUT2D eigenvalue weighted by atomic mass is 19.2. The second-order valence-electron chi connectivity index (χ2n) is 6.55. The van der Waals surface area contributed by atoms with Gasteiger partial charge >= 0.3 is 0 Å². The van der Waals surface area contributed by atoms with E-state index >= 15 is 0 Å². The molecule has 0 heterocycles. The van der Waals surface area contributed by atoms with Crippen molar-refractivity contribution in [3.05, 3.63) is 71.3 Å². The van der Waals surface area contributed by atoms with Crippen LogP contribution < -0.4 is 0 Å². The topological polar surface area (TPSA) is 0 Å². The van der Waals surface area contributed by atoms with Crippen molar-refractivity contribution in [2.75, 3.05) is 0 Å². The van der Waals surface area contributed by atoms with E-state index < -0.39 is 28.7 Å². The normalized spacial score (nSPS) is 11.3. The van der Waals surface area contributed by atoms with Gasteiger partial charge in [0, 0.05) is 0 Å². The highest BCUT2D eigenvalue weighted by Crippen LogP contribution is 2.31. The smallest absolute Gasteiger partial charge is 0.195 e. The molecule has 0 atom stereocenters. The van der Waals surface area contributed by atoms with Gasteiger partial charge in [0.2, 0.25) is 0 Å². The Morgan fingerprint density at radius 3 is 2.12 bits per heavy atom. The highest BCUT2D eigenvalue weighted by Gasteiger charge is 2.17. The molecule has 4 heteroatoms. The monoisotopic (exact) mass is 360 g/mol. The molecule has 0 aliphatic heterocycles. The zero-order chi connectivity index (χ0) is 18.7. The number of aryl methyl sites for hydroxylation is 1. The zero-order valence-electron chi connectivity index (χ0n) is 14.6. The fourth-order valence-corrected chi connectivity index (χ4v) is 3.17. The zero-order valence-corrected chi connectivity index (χ0v) is 14.6. The Morgan fingerprint density at radius 1 is 0.692 bits per heavy atom. The molecule has 3 aromatic rings. The van der Waals surface area contributed by atoms with Gasteiger partial charge in [-0.2, -0.15) is 0 Å². The van der Waals surface area contributed by atoms with E-state index in [2.05, 4.69) is 6.92 Å². The first kappa shape index (κ1) is 18.4. The van der Waals surface area contributed by atoms with Crippen molar-refractivity contribution in [1.82, 2.24) is 0 Å². The van der Waals surface area contributed by atoms with E-state index in [1.165, 1.54) is 30.9 Å². The predicted octanol–water partition coefficient (Wildman–Crippen LogP) is 7.19. The van der Waals surface area contributed by atoms with E-state index in [-0.39, 0.29) is 5.39 Å². The SMILES string of the molecule is CCCCCCc1ccc(-c2cc(F)c3c(F)c(F)c(F)cc3c2)cc1. The number of hydrogen-bond donors (Lipinski definition) is 0. The maximum absolute atomic E-state index is 14.3. The van der Waals surface area contributed by atoms with Crippen molar-refractivity contribution in [2.45, 2.75) is 39.0 Å². The average Bonchev–Trinajstić information content (AvgIpc) is 2.63. The van der Waals surface area contributed by atoms with Crippen LogP contribution in [0.25, 0.3) is 21.9 Å². The molecule has 3 aromatic carbocycles. The Balaban J connectivity index is 1.90. The van der Waals surface area contributed by atoms with Crippen LogP contribution in [-0.2, 0) is 6.42 Å². The van der Waals surface area contributed by atoms with Crippen LogP contribution in [0.1, 0.15) is 38.2 Å². The van der Waals surface area contributed by atoms with E-state index in [0.29, 0.717) is 5.56 Å². The number of unbranched alkanes of at least 4 members (excludes halogenated alkanes) is 3. The average molecular weight is 360 g/mol. The van der Waals surface area contributed by atoms with E-state index in [4.69, 9.17) is 0 Å².